The molecule has 1 unspecified atom stereocenters. The Morgan fingerprint density at radius 3 is 2.91 bits per heavy atom. The molecule has 0 spiro atoms. The third-order valence-electron chi connectivity index (χ3n) is 1.22. The van der Waals surface area contributed by atoms with E-state index in [2.05, 4.69) is 15.9 Å². The van der Waals surface area contributed by atoms with Gasteiger partial charge in [0.2, 0.25) is 0 Å². The van der Waals surface area contributed by atoms with Crippen molar-refractivity contribution in [2.24, 2.45) is 5.73 Å². The van der Waals surface area contributed by atoms with Crippen LogP contribution in [0.3, 0.4) is 0 Å². The number of hydrogen-bond acceptors (Lipinski definition) is 3. The molecule has 0 bridgehead atoms. The Kier molecular flexibility index (Phi) is 3.06. The monoisotopic (exact) mass is 230 g/mol. The molecule has 1 rings (SSSR count). The number of nitrogens with two attached hydrogens (primary N) is 1. The molecule has 11 heavy (non-hydrogen) atoms. The fraction of sp³-hybridized carbons (Fsp3) is 0.286. The zero-order valence-corrected chi connectivity index (χ0v) is 8.15. The molecule has 0 saturated carbocycles. The van der Waals surface area contributed by atoms with Crippen LogP contribution in [0.25, 0.3) is 0 Å². The molecule has 0 amide bonds. The molecular formula is C7H7BrN2S. The normalized spacial score (nSPS) is 12.5. The molecular weight excluding hydrogens is 224 g/mol. The Balaban J connectivity index is 2.59. The van der Waals surface area contributed by atoms with Crippen molar-refractivity contribution in [3.8, 4) is 6.07 Å². The van der Waals surface area contributed by atoms with Crippen LogP contribution in [0.2, 0.25) is 0 Å². The first-order chi connectivity index (χ1) is 5.22. The van der Waals surface area contributed by atoms with Crippen LogP contribution < -0.4 is 5.73 Å². The molecule has 0 aliphatic rings. The molecule has 4 heteroatoms. The van der Waals surface area contributed by atoms with Crippen LogP contribution in [-0.2, 0) is 6.42 Å². The topological polar surface area (TPSA) is 49.8 Å². The minimum Gasteiger partial charge on any atom is -0.316 e. The third kappa shape index (κ3) is 2.62. The maximum Gasteiger partial charge on any atom is 0.0976 e. The summed E-state index contributed by atoms with van der Waals surface area (Å²) in [4.78, 5) is 1.14. The van der Waals surface area contributed by atoms with Crippen LogP contribution in [0.5, 0.6) is 0 Å². The number of thiophene rings is 1. The van der Waals surface area contributed by atoms with E-state index in [9.17, 15) is 0 Å². The summed E-state index contributed by atoms with van der Waals surface area (Å²) in [6, 6.07) is 5.56. The Morgan fingerprint density at radius 2 is 2.45 bits per heavy atom. The van der Waals surface area contributed by atoms with Gasteiger partial charge in [0, 0.05) is 11.3 Å². The molecule has 0 aromatic carbocycles. The molecule has 2 N–H and O–H groups in total. The highest BCUT2D eigenvalue weighted by molar-refractivity contribution is 9.11. The van der Waals surface area contributed by atoms with Gasteiger partial charge in [-0.3, -0.25) is 0 Å². The maximum atomic E-state index is 8.42. The first-order valence-electron chi connectivity index (χ1n) is 3.12. The van der Waals surface area contributed by atoms with E-state index in [4.69, 9.17) is 11.0 Å². The molecule has 1 atom stereocenters. The van der Waals surface area contributed by atoms with E-state index in [0.717, 1.165) is 8.66 Å². The van der Waals surface area contributed by atoms with Crippen LogP contribution >= 0.6 is 27.3 Å². The van der Waals surface area contributed by atoms with Crippen molar-refractivity contribution in [2.45, 2.75) is 12.5 Å². The molecule has 1 heterocycles. The average molecular weight is 231 g/mol. The summed E-state index contributed by atoms with van der Waals surface area (Å²) in [5.74, 6) is 0. The lowest BCUT2D eigenvalue weighted by atomic mass is 10.2. The summed E-state index contributed by atoms with van der Waals surface area (Å²) in [5.41, 5.74) is 5.44. The first-order valence-corrected chi connectivity index (χ1v) is 4.72. The van der Waals surface area contributed by atoms with Gasteiger partial charge in [0.05, 0.1) is 15.9 Å². The van der Waals surface area contributed by atoms with Gasteiger partial charge in [-0.15, -0.1) is 11.3 Å². The predicted molar refractivity (Wildman–Crippen MR) is 49.3 cm³/mol. The fourth-order valence-electron chi connectivity index (χ4n) is 0.724. The molecule has 0 aliphatic carbocycles. The molecule has 1 aromatic heterocycles. The molecule has 58 valence electrons. The van der Waals surface area contributed by atoms with E-state index in [-0.39, 0.29) is 6.04 Å². The summed E-state index contributed by atoms with van der Waals surface area (Å²) >= 11 is 4.96. The molecule has 2 nitrogen and oxygen atoms in total. The van der Waals surface area contributed by atoms with Crippen molar-refractivity contribution in [1.29, 1.82) is 5.26 Å². The molecule has 0 saturated heterocycles. The highest BCUT2D eigenvalue weighted by atomic mass is 79.9. The number of rotatable bonds is 2. The van der Waals surface area contributed by atoms with Crippen LogP contribution in [0, 0.1) is 11.3 Å². The lowest BCUT2D eigenvalue weighted by Gasteiger charge is -1.96. The van der Waals surface area contributed by atoms with Crippen molar-refractivity contribution in [3.05, 3.63) is 20.8 Å². The van der Waals surface area contributed by atoms with E-state index >= 15 is 0 Å². The van der Waals surface area contributed by atoms with E-state index in [1.807, 2.05) is 18.2 Å². The highest BCUT2D eigenvalue weighted by Gasteiger charge is 2.03. The van der Waals surface area contributed by atoms with Gasteiger partial charge in [0.25, 0.3) is 0 Å². The second kappa shape index (κ2) is 3.86. The van der Waals surface area contributed by atoms with E-state index < -0.39 is 0 Å². The fourth-order valence-corrected chi connectivity index (χ4v) is 2.27. The lowest BCUT2D eigenvalue weighted by molar-refractivity contribution is 0.834. The zero-order chi connectivity index (χ0) is 8.27. The summed E-state index contributed by atoms with van der Waals surface area (Å²) in [5, 5.41) is 8.42. The lowest BCUT2D eigenvalue weighted by Crippen LogP contribution is -2.19. The third-order valence-corrected chi connectivity index (χ3v) is 2.86. The van der Waals surface area contributed by atoms with E-state index in [1.54, 1.807) is 11.3 Å². The van der Waals surface area contributed by atoms with Crippen LogP contribution in [0.15, 0.2) is 15.9 Å². The SMILES string of the molecule is N#CC(N)Cc1ccc(Br)s1. The van der Waals surface area contributed by atoms with Crippen LogP contribution in [0.4, 0.5) is 0 Å². The summed E-state index contributed by atoms with van der Waals surface area (Å²) in [6.07, 6.45) is 0.646. The number of nitriles is 1. The Bertz CT molecular complexity index is 276. The van der Waals surface area contributed by atoms with Gasteiger partial charge in [-0.1, -0.05) is 0 Å². The summed E-state index contributed by atoms with van der Waals surface area (Å²) in [7, 11) is 0. The quantitative estimate of drug-likeness (QED) is 0.845. The Morgan fingerprint density at radius 1 is 1.73 bits per heavy atom. The van der Waals surface area contributed by atoms with Crippen LogP contribution in [0.1, 0.15) is 4.88 Å². The molecule has 0 fully saturated rings. The Labute approximate surface area is 77.8 Å². The van der Waals surface area contributed by atoms with E-state index in [1.165, 1.54) is 0 Å². The van der Waals surface area contributed by atoms with Crippen molar-refractivity contribution in [2.75, 3.05) is 0 Å². The average Bonchev–Trinajstić information content (AvgIpc) is 2.35. The minimum absolute atomic E-state index is 0.374. The molecule has 1 aromatic rings. The van der Waals surface area contributed by atoms with Gasteiger partial charge >= 0.3 is 0 Å². The number of nitrogens with zero attached hydrogens (tertiary/aromatic N) is 1. The van der Waals surface area contributed by atoms with Crippen molar-refractivity contribution in [1.82, 2.24) is 0 Å². The van der Waals surface area contributed by atoms with Crippen molar-refractivity contribution >= 4 is 27.3 Å². The smallest absolute Gasteiger partial charge is 0.0976 e. The number of hydrogen-bond donors (Lipinski definition) is 1. The minimum atomic E-state index is -0.374. The van der Waals surface area contributed by atoms with Crippen LogP contribution in [-0.4, -0.2) is 6.04 Å². The molecule has 0 aliphatic heterocycles. The van der Waals surface area contributed by atoms with Gasteiger partial charge < -0.3 is 5.73 Å². The second-order valence-corrected chi connectivity index (χ2v) is 4.69. The maximum absolute atomic E-state index is 8.42. The second-order valence-electron chi connectivity index (χ2n) is 2.15. The van der Waals surface area contributed by atoms with E-state index in [0.29, 0.717) is 6.42 Å². The standard InChI is InChI=1S/C7H7BrN2S/c8-7-2-1-6(11-7)3-5(10)4-9/h1-2,5H,3,10H2. The van der Waals surface area contributed by atoms with Crippen molar-refractivity contribution < 1.29 is 0 Å². The molecule has 0 radical (unpaired) electrons. The zero-order valence-electron chi connectivity index (χ0n) is 5.75. The van der Waals surface area contributed by atoms with Gasteiger partial charge in [0.1, 0.15) is 0 Å². The van der Waals surface area contributed by atoms with Gasteiger partial charge in [-0.2, -0.15) is 5.26 Å². The first kappa shape index (κ1) is 8.72. The predicted octanol–water partition coefficient (Wildman–Crippen LogP) is 1.90. The highest BCUT2D eigenvalue weighted by Crippen LogP contribution is 2.22. The van der Waals surface area contributed by atoms with Gasteiger partial charge in [-0.05, 0) is 28.1 Å². The van der Waals surface area contributed by atoms with Gasteiger partial charge in [-0.25, -0.2) is 0 Å². The Hall–Kier alpha value is -0.370. The summed E-state index contributed by atoms with van der Waals surface area (Å²) < 4.78 is 1.08. The summed E-state index contributed by atoms with van der Waals surface area (Å²) in [6.45, 7) is 0. The van der Waals surface area contributed by atoms with Gasteiger partial charge in [0.15, 0.2) is 0 Å². The largest absolute Gasteiger partial charge is 0.316 e. The number of halogens is 1. The van der Waals surface area contributed by atoms with Crippen molar-refractivity contribution in [3.63, 3.8) is 0 Å².